The Hall–Kier alpha value is -4.12. The zero-order valence-electron chi connectivity index (χ0n) is 17.4. The molecule has 0 spiro atoms. The first kappa shape index (κ1) is 20.8. The number of hydrogen-bond donors (Lipinski definition) is 1. The molecule has 1 aromatic carbocycles. The molecule has 0 bridgehead atoms. The lowest BCUT2D eigenvalue weighted by atomic mass is 9.86. The van der Waals surface area contributed by atoms with E-state index in [9.17, 15) is 29.6 Å². The number of ether oxygens (including phenoxy) is 2. The van der Waals surface area contributed by atoms with Gasteiger partial charge in [0.1, 0.15) is 6.61 Å². The molecule has 0 amide bonds. The lowest BCUT2D eigenvalue weighted by Gasteiger charge is -2.31. The number of pyridine rings is 2. The number of aliphatic hydroxyl groups is 1. The highest BCUT2D eigenvalue weighted by atomic mass is 16.7. The van der Waals surface area contributed by atoms with Gasteiger partial charge in [-0.15, -0.1) is 0 Å². The summed E-state index contributed by atoms with van der Waals surface area (Å²) in [5.41, 5.74) is 0.586. The van der Waals surface area contributed by atoms with Crippen LogP contribution in [0.5, 0.6) is 0 Å². The molecule has 2 aliphatic rings. The van der Waals surface area contributed by atoms with E-state index >= 15 is 0 Å². The molecule has 0 radical (unpaired) electrons. The van der Waals surface area contributed by atoms with Crippen molar-refractivity contribution in [2.24, 2.45) is 0 Å². The second-order valence-corrected chi connectivity index (χ2v) is 7.90. The zero-order chi connectivity index (χ0) is 23.5. The van der Waals surface area contributed by atoms with Crippen LogP contribution in [0.1, 0.15) is 40.4 Å². The fourth-order valence-corrected chi connectivity index (χ4v) is 4.31. The molecule has 11 nitrogen and oxygen atoms in total. The summed E-state index contributed by atoms with van der Waals surface area (Å²) in [7, 11) is 0. The monoisotopic (exact) mass is 451 g/mol. The van der Waals surface area contributed by atoms with Gasteiger partial charge in [0.25, 0.3) is 5.56 Å². The highest BCUT2D eigenvalue weighted by Gasteiger charge is 2.45. The summed E-state index contributed by atoms with van der Waals surface area (Å²) in [5.74, 6) is -1.62. The van der Waals surface area contributed by atoms with E-state index in [4.69, 9.17) is 4.74 Å². The first-order valence-electron chi connectivity index (χ1n) is 10.1. The molecule has 168 valence electrons. The summed E-state index contributed by atoms with van der Waals surface area (Å²) in [6.07, 6.45) is 0.0507. The quantitative estimate of drug-likeness (QED) is 0.210. The van der Waals surface area contributed by atoms with Crippen LogP contribution in [0.3, 0.4) is 0 Å². The van der Waals surface area contributed by atoms with Crippen molar-refractivity contribution in [2.45, 2.75) is 32.1 Å². The van der Waals surface area contributed by atoms with Crippen molar-refractivity contribution < 1.29 is 29.1 Å². The van der Waals surface area contributed by atoms with Gasteiger partial charge < -0.3 is 19.1 Å². The van der Waals surface area contributed by atoms with Gasteiger partial charge >= 0.3 is 18.7 Å². The molecule has 0 fully saturated rings. The summed E-state index contributed by atoms with van der Waals surface area (Å²) < 4.78 is 11.2. The van der Waals surface area contributed by atoms with Crippen molar-refractivity contribution in [3.05, 3.63) is 73.1 Å². The van der Waals surface area contributed by atoms with Gasteiger partial charge in [0.2, 0.25) is 0 Å². The normalized spacial score (nSPS) is 18.3. The molecule has 5 rings (SSSR count). The minimum Gasteiger partial charge on any atom is -0.458 e. The molecule has 2 aliphatic heterocycles. The van der Waals surface area contributed by atoms with Crippen molar-refractivity contribution in [1.82, 2.24) is 9.55 Å². The number of carbonyl (C=O) groups is 2. The Morgan fingerprint density at radius 2 is 2.12 bits per heavy atom. The van der Waals surface area contributed by atoms with E-state index in [1.54, 1.807) is 25.1 Å². The maximum atomic E-state index is 13.2. The third-order valence-electron chi connectivity index (χ3n) is 6.04. The van der Waals surface area contributed by atoms with Crippen molar-refractivity contribution in [2.75, 3.05) is 6.73 Å². The van der Waals surface area contributed by atoms with Crippen molar-refractivity contribution >= 4 is 22.8 Å². The Morgan fingerprint density at radius 1 is 1.33 bits per heavy atom. The number of esters is 2. The van der Waals surface area contributed by atoms with Crippen LogP contribution in [0.4, 0.5) is 0 Å². The van der Waals surface area contributed by atoms with Crippen LogP contribution in [-0.2, 0) is 33.0 Å². The average molecular weight is 451 g/mol. The van der Waals surface area contributed by atoms with Gasteiger partial charge in [0.05, 0.1) is 39.5 Å². The van der Waals surface area contributed by atoms with Crippen molar-refractivity contribution in [3.63, 3.8) is 0 Å². The second kappa shape index (κ2) is 7.20. The van der Waals surface area contributed by atoms with E-state index in [1.165, 1.54) is 16.7 Å². The number of fused-ring (bicyclic) bond motifs is 5. The Morgan fingerprint density at radius 3 is 2.85 bits per heavy atom. The van der Waals surface area contributed by atoms with Gasteiger partial charge in [-0.25, -0.2) is 14.6 Å². The Kier molecular flexibility index (Phi) is 4.53. The van der Waals surface area contributed by atoms with Crippen LogP contribution in [-0.4, -0.2) is 38.3 Å². The van der Waals surface area contributed by atoms with Gasteiger partial charge in [-0.2, -0.15) is 0 Å². The summed E-state index contributed by atoms with van der Waals surface area (Å²) in [4.78, 5) is 51.8. The molecule has 1 atom stereocenters. The van der Waals surface area contributed by atoms with Gasteiger partial charge in [0.15, 0.2) is 5.60 Å². The van der Waals surface area contributed by atoms with Crippen LogP contribution >= 0.6 is 0 Å². The first-order chi connectivity index (χ1) is 15.7. The van der Waals surface area contributed by atoms with E-state index < -0.39 is 29.2 Å². The first-order valence-corrected chi connectivity index (χ1v) is 10.1. The molecule has 1 N–H and O–H groups in total. The van der Waals surface area contributed by atoms with Crippen LogP contribution < -0.4 is 5.56 Å². The minimum absolute atomic E-state index is 0.0507. The predicted molar refractivity (Wildman–Crippen MR) is 112 cm³/mol. The van der Waals surface area contributed by atoms with Crippen molar-refractivity contribution in [3.8, 4) is 11.4 Å². The standard InChI is InChI=1S/C22H17N3O8/c1-2-22(29)15-7-17-18-13(8-24(17)19(26)14(15)9-32-21(22)28)6-12-5-11(3-4-16(12)23-18)20(27)33-10-25(30)31/h3-7,29H,2,8-10H2,1H3/t22-/m0/s1. The molecule has 2 aromatic heterocycles. The molecular formula is C22H17N3O8. The number of cyclic esters (lactones) is 1. The minimum atomic E-state index is -1.90. The molecular weight excluding hydrogens is 434 g/mol. The van der Waals surface area contributed by atoms with E-state index in [1.807, 2.05) is 0 Å². The summed E-state index contributed by atoms with van der Waals surface area (Å²) in [6, 6.07) is 7.95. The molecule has 0 saturated carbocycles. The van der Waals surface area contributed by atoms with Crippen LogP contribution in [0, 0.1) is 10.1 Å². The zero-order valence-corrected chi connectivity index (χ0v) is 17.4. The lowest BCUT2D eigenvalue weighted by Crippen LogP contribution is -2.44. The number of nitro groups is 1. The Bertz CT molecular complexity index is 1440. The topological polar surface area (TPSA) is 151 Å². The number of benzene rings is 1. The predicted octanol–water partition coefficient (Wildman–Crippen LogP) is 1.47. The average Bonchev–Trinajstić information content (AvgIpc) is 3.16. The highest BCUT2D eigenvalue weighted by molar-refractivity contribution is 5.95. The van der Waals surface area contributed by atoms with Gasteiger partial charge in [0, 0.05) is 16.5 Å². The summed E-state index contributed by atoms with van der Waals surface area (Å²) >= 11 is 0. The number of nitrogens with zero attached hydrogens (tertiary/aromatic N) is 3. The smallest absolute Gasteiger partial charge is 0.347 e. The molecule has 0 aliphatic carbocycles. The fraction of sp³-hybridized carbons (Fsp3) is 0.273. The molecule has 4 heterocycles. The molecule has 3 aromatic rings. The van der Waals surface area contributed by atoms with Crippen LogP contribution in [0.25, 0.3) is 22.3 Å². The van der Waals surface area contributed by atoms with Gasteiger partial charge in [-0.3, -0.25) is 14.9 Å². The largest absolute Gasteiger partial charge is 0.458 e. The van der Waals surface area contributed by atoms with E-state index in [2.05, 4.69) is 9.72 Å². The maximum absolute atomic E-state index is 13.2. The maximum Gasteiger partial charge on any atom is 0.347 e. The van der Waals surface area contributed by atoms with Crippen LogP contribution in [0.15, 0.2) is 35.1 Å². The summed E-state index contributed by atoms with van der Waals surface area (Å²) in [6.45, 7) is 0.707. The van der Waals surface area contributed by atoms with Crippen LogP contribution in [0.2, 0.25) is 0 Å². The van der Waals surface area contributed by atoms with Crippen molar-refractivity contribution in [1.29, 1.82) is 0 Å². The third kappa shape index (κ3) is 3.08. The van der Waals surface area contributed by atoms with E-state index in [-0.39, 0.29) is 41.8 Å². The van der Waals surface area contributed by atoms with Gasteiger partial charge in [-0.1, -0.05) is 6.92 Å². The molecule has 0 saturated heterocycles. The molecule has 11 heteroatoms. The third-order valence-corrected chi connectivity index (χ3v) is 6.04. The molecule has 33 heavy (non-hydrogen) atoms. The number of carbonyl (C=O) groups excluding carboxylic acids is 2. The van der Waals surface area contributed by atoms with Gasteiger partial charge in [-0.05, 0) is 36.8 Å². The summed E-state index contributed by atoms with van der Waals surface area (Å²) in [5, 5.41) is 21.9. The fourth-order valence-electron chi connectivity index (χ4n) is 4.31. The number of aromatic nitrogens is 2. The Balaban J connectivity index is 1.61. The van der Waals surface area contributed by atoms with E-state index in [0.29, 0.717) is 27.9 Å². The second-order valence-electron chi connectivity index (χ2n) is 7.90. The SMILES string of the molecule is CC[C@@]1(O)C(=O)OCc2c1cc1n(c2=O)Cc2cc3cc(C(=O)OC[N+](=O)[O-])ccc3nc2-1. The van der Waals surface area contributed by atoms with E-state index in [0.717, 1.165) is 0 Å². The number of hydrogen-bond acceptors (Lipinski definition) is 9. The number of rotatable bonds is 4. The Labute approximate surface area is 185 Å². The highest BCUT2D eigenvalue weighted by Crippen LogP contribution is 2.38. The lowest BCUT2D eigenvalue weighted by molar-refractivity contribution is -0.517. The molecule has 0 unspecified atom stereocenters.